The molecule has 3 N–H and O–H groups in total. The summed E-state index contributed by atoms with van der Waals surface area (Å²) in [4.78, 5) is 31.5. The number of urea groups is 1. The summed E-state index contributed by atoms with van der Waals surface area (Å²) >= 11 is 0. The molecule has 0 fully saturated rings. The number of carbonyl (C=O) groups is 3. The molecule has 0 aromatic heterocycles. The van der Waals surface area contributed by atoms with Gasteiger partial charge in [-0.15, -0.1) is 0 Å². The van der Waals surface area contributed by atoms with Crippen molar-refractivity contribution in [2.75, 3.05) is 0 Å². The van der Waals surface area contributed by atoms with E-state index < -0.39 is 23.6 Å². The molecule has 0 rings (SSSR count). The van der Waals surface area contributed by atoms with Crippen LogP contribution in [0.5, 0.6) is 0 Å². The van der Waals surface area contributed by atoms with E-state index in [0.717, 1.165) is 0 Å². The fourth-order valence-electron chi connectivity index (χ4n) is 0.632. The highest BCUT2D eigenvalue weighted by atomic mass is 16.2. The first kappa shape index (κ1) is 9.61. The molecule has 0 aliphatic carbocycles. The predicted octanol–water partition coefficient (Wildman–Crippen LogP) is -0.799. The van der Waals surface area contributed by atoms with E-state index in [1.807, 2.05) is 5.32 Å². The monoisotopic (exact) mass is 158 g/mol. The summed E-state index contributed by atoms with van der Waals surface area (Å²) in [6.45, 7) is 2.42. The first-order chi connectivity index (χ1) is 4.95. The Morgan fingerprint density at radius 3 is 1.64 bits per heavy atom. The second-order valence-electron chi connectivity index (χ2n) is 2.16. The van der Waals surface area contributed by atoms with Gasteiger partial charge in [-0.3, -0.25) is 9.59 Å². The van der Waals surface area contributed by atoms with E-state index in [1.54, 1.807) is 0 Å². The van der Waals surface area contributed by atoms with Gasteiger partial charge in [0, 0.05) is 0 Å². The van der Waals surface area contributed by atoms with E-state index in [4.69, 9.17) is 5.73 Å². The average molecular weight is 158 g/mol. The molecule has 0 saturated carbocycles. The van der Waals surface area contributed by atoms with Crippen molar-refractivity contribution in [1.29, 1.82) is 0 Å². The molecule has 0 heterocycles. The van der Waals surface area contributed by atoms with Gasteiger partial charge in [-0.25, -0.2) is 4.79 Å². The number of hydrogen-bond acceptors (Lipinski definition) is 3. The van der Waals surface area contributed by atoms with Gasteiger partial charge in [0.2, 0.25) is 0 Å². The first-order valence-electron chi connectivity index (χ1n) is 3.02. The second kappa shape index (κ2) is 3.70. The SMILES string of the molecule is CC(=O)C(NC(N)=O)C(C)=O. The molecule has 0 aliphatic rings. The Labute approximate surface area is 63.9 Å². The zero-order valence-electron chi connectivity index (χ0n) is 6.38. The van der Waals surface area contributed by atoms with Gasteiger partial charge in [-0.05, 0) is 13.8 Å². The molecule has 0 unspecified atom stereocenters. The van der Waals surface area contributed by atoms with Crippen molar-refractivity contribution in [3.05, 3.63) is 0 Å². The van der Waals surface area contributed by atoms with Gasteiger partial charge in [0.1, 0.15) is 6.04 Å². The molecule has 0 aromatic rings. The van der Waals surface area contributed by atoms with E-state index in [0.29, 0.717) is 0 Å². The van der Waals surface area contributed by atoms with Crippen molar-refractivity contribution in [3.63, 3.8) is 0 Å². The van der Waals surface area contributed by atoms with Crippen molar-refractivity contribution < 1.29 is 14.4 Å². The normalized spacial score (nSPS) is 9.36. The lowest BCUT2D eigenvalue weighted by atomic mass is 10.1. The van der Waals surface area contributed by atoms with E-state index in [2.05, 4.69) is 0 Å². The Balaban J connectivity index is 4.23. The largest absolute Gasteiger partial charge is 0.352 e. The van der Waals surface area contributed by atoms with Crippen LogP contribution in [0.25, 0.3) is 0 Å². The van der Waals surface area contributed by atoms with E-state index in [9.17, 15) is 14.4 Å². The van der Waals surface area contributed by atoms with Gasteiger partial charge >= 0.3 is 6.03 Å². The van der Waals surface area contributed by atoms with Crippen LogP contribution in [0.3, 0.4) is 0 Å². The number of amides is 2. The Morgan fingerprint density at radius 2 is 1.55 bits per heavy atom. The van der Waals surface area contributed by atoms with E-state index in [-0.39, 0.29) is 0 Å². The van der Waals surface area contributed by atoms with Crippen LogP contribution in [-0.2, 0) is 9.59 Å². The molecule has 0 radical (unpaired) electrons. The van der Waals surface area contributed by atoms with Crippen LogP contribution < -0.4 is 11.1 Å². The Hall–Kier alpha value is -1.39. The minimum absolute atomic E-state index is 0.420. The number of hydrogen-bond donors (Lipinski definition) is 2. The van der Waals surface area contributed by atoms with Gasteiger partial charge in [-0.2, -0.15) is 0 Å². The summed E-state index contributed by atoms with van der Waals surface area (Å²) in [6.07, 6.45) is 0. The fraction of sp³-hybridized carbons (Fsp3) is 0.500. The summed E-state index contributed by atoms with van der Waals surface area (Å²) in [5.74, 6) is -0.840. The number of nitrogens with one attached hydrogen (secondary N) is 1. The smallest absolute Gasteiger partial charge is 0.313 e. The highest BCUT2D eigenvalue weighted by Gasteiger charge is 2.19. The van der Waals surface area contributed by atoms with Crippen molar-refractivity contribution in [2.24, 2.45) is 5.73 Å². The topological polar surface area (TPSA) is 89.3 Å². The number of ketones is 2. The predicted molar refractivity (Wildman–Crippen MR) is 37.9 cm³/mol. The molecule has 0 atom stereocenters. The number of primary amides is 1. The number of rotatable bonds is 3. The zero-order chi connectivity index (χ0) is 9.02. The molecule has 5 nitrogen and oxygen atoms in total. The molecule has 0 aromatic carbocycles. The van der Waals surface area contributed by atoms with Crippen LogP contribution in [-0.4, -0.2) is 23.6 Å². The molecule has 0 bridgehead atoms. The lowest BCUT2D eigenvalue weighted by Gasteiger charge is -2.09. The maximum Gasteiger partial charge on any atom is 0.313 e. The maximum atomic E-state index is 10.6. The van der Waals surface area contributed by atoms with E-state index in [1.165, 1.54) is 13.8 Å². The van der Waals surface area contributed by atoms with Gasteiger partial charge in [0.15, 0.2) is 11.6 Å². The Kier molecular flexibility index (Phi) is 3.23. The molecule has 0 aliphatic heterocycles. The lowest BCUT2D eigenvalue weighted by molar-refractivity contribution is -0.127. The van der Waals surface area contributed by atoms with E-state index >= 15 is 0 Å². The minimum Gasteiger partial charge on any atom is -0.352 e. The molecule has 11 heavy (non-hydrogen) atoms. The second-order valence-corrected chi connectivity index (χ2v) is 2.16. The lowest BCUT2D eigenvalue weighted by Crippen LogP contribution is -2.46. The molecule has 5 heteroatoms. The van der Waals surface area contributed by atoms with Crippen molar-refractivity contribution in [1.82, 2.24) is 5.32 Å². The van der Waals surface area contributed by atoms with Crippen LogP contribution in [0.1, 0.15) is 13.8 Å². The molecular weight excluding hydrogens is 148 g/mol. The van der Waals surface area contributed by atoms with Gasteiger partial charge in [0.25, 0.3) is 0 Å². The third kappa shape index (κ3) is 3.34. The third-order valence-corrected chi connectivity index (χ3v) is 1.10. The van der Waals surface area contributed by atoms with Gasteiger partial charge < -0.3 is 11.1 Å². The van der Waals surface area contributed by atoms with Crippen LogP contribution >= 0.6 is 0 Å². The van der Waals surface area contributed by atoms with Crippen LogP contribution in [0, 0.1) is 0 Å². The highest BCUT2D eigenvalue weighted by molar-refractivity contribution is 6.06. The van der Waals surface area contributed by atoms with Gasteiger partial charge in [0.05, 0.1) is 0 Å². The van der Waals surface area contributed by atoms with Crippen molar-refractivity contribution in [3.8, 4) is 0 Å². The quantitative estimate of drug-likeness (QED) is 0.527. The molecule has 2 amide bonds. The highest BCUT2D eigenvalue weighted by Crippen LogP contribution is 1.87. The van der Waals surface area contributed by atoms with Crippen molar-refractivity contribution >= 4 is 17.6 Å². The number of carbonyl (C=O) groups excluding carboxylic acids is 3. The summed E-state index contributed by atoms with van der Waals surface area (Å²) in [7, 11) is 0. The Morgan fingerprint density at radius 1 is 1.18 bits per heavy atom. The Bertz CT molecular complexity index is 186. The van der Waals surface area contributed by atoms with Crippen molar-refractivity contribution in [2.45, 2.75) is 19.9 Å². The summed E-state index contributed by atoms with van der Waals surface area (Å²) < 4.78 is 0. The average Bonchev–Trinajstić information content (AvgIpc) is 1.81. The first-order valence-corrected chi connectivity index (χ1v) is 3.02. The van der Waals surface area contributed by atoms with Crippen LogP contribution in [0.2, 0.25) is 0 Å². The standard InChI is InChI=1S/C6H10N2O3/c1-3(9)5(4(2)10)8-6(7)11/h5H,1-2H3,(H3,7,8,11). The van der Waals surface area contributed by atoms with Gasteiger partial charge in [-0.1, -0.05) is 0 Å². The minimum atomic E-state index is -1.09. The third-order valence-electron chi connectivity index (χ3n) is 1.10. The zero-order valence-corrected chi connectivity index (χ0v) is 6.38. The molecule has 0 saturated heterocycles. The van der Waals surface area contributed by atoms with Crippen LogP contribution in [0.15, 0.2) is 0 Å². The maximum absolute atomic E-state index is 10.6. The molecule has 0 spiro atoms. The number of nitrogens with two attached hydrogens (primary N) is 1. The molecular formula is C6H10N2O3. The fourth-order valence-corrected chi connectivity index (χ4v) is 0.632. The summed E-state index contributed by atoms with van der Waals surface area (Å²) in [5, 5.41) is 2.02. The summed E-state index contributed by atoms with van der Waals surface area (Å²) in [5.41, 5.74) is 4.71. The molecule has 62 valence electrons. The van der Waals surface area contributed by atoms with Crippen LogP contribution in [0.4, 0.5) is 4.79 Å². The number of Topliss-reactive ketones (excluding diaryl/α,β-unsaturated/α-hetero) is 2. The summed E-state index contributed by atoms with van der Waals surface area (Å²) in [6, 6.07) is -1.96.